The number of esters is 6. The predicted octanol–water partition coefficient (Wildman–Crippen LogP) is 8.41. The maximum absolute atomic E-state index is 12.8. The van der Waals surface area contributed by atoms with Crippen molar-refractivity contribution in [2.75, 3.05) is 80.8 Å². The Morgan fingerprint density at radius 3 is 1.16 bits per heavy atom. The molecule has 0 saturated carbocycles. The number of likely N-dealkylation sites (N-methyl/N-ethyl adjacent to an activating group) is 2. The number of nitrogens with zero attached hydrogens (tertiary/aromatic N) is 2. The molecule has 0 aromatic heterocycles. The minimum atomic E-state index is -0.788. The fourth-order valence-corrected chi connectivity index (χ4v) is 7.58. The Bertz CT molecular complexity index is 1370. The van der Waals surface area contributed by atoms with E-state index in [0.717, 1.165) is 116 Å². The highest BCUT2D eigenvalue weighted by molar-refractivity contribution is 5.71. The van der Waals surface area contributed by atoms with Crippen LogP contribution in [0, 0.1) is 0 Å². The van der Waals surface area contributed by atoms with Crippen LogP contribution in [-0.2, 0) is 57.2 Å². The van der Waals surface area contributed by atoms with Gasteiger partial charge < -0.3 is 47.6 Å². The number of unbranched alkanes of at least 4 members (excludes halogenated alkanes) is 14. The van der Waals surface area contributed by atoms with Crippen LogP contribution in [0.2, 0.25) is 0 Å². The number of ether oxygens (including phenoxy) is 6. The van der Waals surface area contributed by atoms with Crippen LogP contribution in [0.25, 0.3) is 0 Å². The highest BCUT2D eigenvalue weighted by atomic mass is 16.6. The van der Waals surface area contributed by atoms with Gasteiger partial charge in [-0.2, -0.15) is 0 Å². The lowest BCUT2D eigenvalue weighted by molar-refractivity contribution is -0.883. The van der Waals surface area contributed by atoms with E-state index in [1.165, 1.54) is 13.8 Å². The third-order valence-corrected chi connectivity index (χ3v) is 11.9. The van der Waals surface area contributed by atoms with E-state index in [4.69, 9.17) is 28.4 Å². The van der Waals surface area contributed by atoms with E-state index in [1.807, 2.05) is 40.3 Å². The van der Waals surface area contributed by atoms with Gasteiger partial charge in [-0.25, -0.2) is 9.59 Å². The van der Waals surface area contributed by atoms with Gasteiger partial charge in [0.1, 0.15) is 51.7 Å². The third-order valence-electron chi connectivity index (χ3n) is 11.9. The maximum atomic E-state index is 12.8. The third kappa shape index (κ3) is 40.8. The molecule has 0 radical (unpaired) electrons. The summed E-state index contributed by atoms with van der Waals surface area (Å²) in [6.07, 6.45) is 24.8. The van der Waals surface area contributed by atoms with Gasteiger partial charge in [-0.15, -0.1) is 0 Å². The molecule has 406 valence electrons. The number of aliphatic hydroxyl groups is 2. The van der Waals surface area contributed by atoms with Crippen molar-refractivity contribution >= 4 is 35.8 Å². The normalized spacial score (nSPS) is 13.7. The van der Waals surface area contributed by atoms with E-state index in [0.29, 0.717) is 60.6 Å². The van der Waals surface area contributed by atoms with Crippen molar-refractivity contribution in [3.63, 3.8) is 0 Å². The second-order valence-electron chi connectivity index (χ2n) is 20.0. The van der Waals surface area contributed by atoms with Crippen LogP contribution in [-0.4, -0.2) is 160 Å². The number of carbonyl (C=O) groups excluding carboxylic acids is 6. The molecule has 0 heterocycles. The molecule has 4 unspecified atom stereocenters. The van der Waals surface area contributed by atoms with E-state index >= 15 is 0 Å². The molecule has 70 heavy (non-hydrogen) atoms. The predicted molar refractivity (Wildman–Crippen MR) is 271 cm³/mol. The van der Waals surface area contributed by atoms with Gasteiger partial charge in [-0.1, -0.05) is 102 Å². The molecule has 16 nitrogen and oxygen atoms in total. The first-order valence-electron chi connectivity index (χ1n) is 26.6. The Kier molecular flexibility index (Phi) is 39.4. The van der Waals surface area contributed by atoms with Gasteiger partial charge in [0.05, 0.1) is 40.4 Å². The lowest BCUT2D eigenvalue weighted by Crippen LogP contribution is -2.47. The molecular weight excluding hydrogens is 901 g/mol. The topological polar surface area (TPSA) is 198 Å². The number of aliphatic hydroxyl groups excluding tert-OH is 2. The molecular formula is C54H98N2O14+2. The van der Waals surface area contributed by atoms with Crippen LogP contribution >= 0.6 is 0 Å². The van der Waals surface area contributed by atoms with Gasteiger partial charge in [0.15, 0.2) is 13.1 Å². The summed E-state index contributed by atoms with van der Waals surface area (Å²) >= 11 is 0. The van der Waals surface area contributed by atoms with Crippen molar-refractivity contribution < 1.29 is 76.4 Å². The fraction of sp³-hybridized carbons (Fsp3) is 0.815. The number of hydrogen-bond acceptors (Lipinski definition) is 14. The molecule has 0 spiro atoms. The summed E-state index contributed by atoms with van der Waals surface area (Å²) in [5, 5.41) is 21.8. The van der Waals surface area contributed by atoms with Crippen LogP contribution in [0.3, 0.4) is 0 Å². The Hall–Kier alpha value is -3.86. The minimum absolute atomic E-state index is 0.0527. The molecule has 0 aliphatic carbocycles. The molecule has 0 rings (SSSR count). The largest absolute Gasteiger partial charge is 0.462 e. The standard InChI is InChI=1S/C54H98N2O14/c1-9-11-25-33-49(69-53(63)43-55(5,6)37-39-65-45(3)57)47(59)31-27-21-17-13-15-19-23-29-35-51(61)67-41-42-68-52(62)36-30-24-20-16-14-18-22-28-32-48(60)50(34-26-12-10-2)70-54(64)44-56(7,8)38-40-66-46(4)58/h21-22,27-28,47-50,59-60H,9-20,23-26,29-44H2,1-8H3/q+2. The lowest BCUT2D eigenvalue weighted by atomic mass is 10.0. The molecule has 0 aromatic rings. The van der Waals surface area contributed by atoms with Crippen molar-refractivity contribution in [2.45, 2.75) is 206 Å². The van der Waals surface area contributed by atoms with Crippen LogP contribution in [0.1, 0.15) is 182 Å². The summed E-state index contributed by atoms with van der Waals surface area (Å²) in [5.74, 6) is -2.05. The average Bonchev–Trinajstić information content (AvgIpc) is 3.27. The van der Waals surface area contributed by atoms with Crippen molar-refractivity contribution in [2.24, 2.45) is 0 Å². The van der Waals surface area contributed by atoms with Gasteiger partial charge in [-0.3, -0.25) is 19.2 Å². The Morgan fingerprint density at radius 1 is 0.443 bits per heavy atom. The molecule has 0 bridgehead atoms. The molecule has 0 aromatic carbocycles. The number of quaternary nitrogens is 2. The lowest BCUT2D eigenvalue weighted by Gasteiger charge is -2.30. The number of rotatable bonds is 45. The summed E-state index contributed by atoms with van der Waals surface area (Å²) in [7, 11) is 7.49. The Labute approximate surface area is 422 Å². The summed E-state index contributed by atoms with van der Waals surface area (Å²) in [4.78, 5) is 72.0. The maximum Gasteiger partial charge on any atom is 0.362 e. The van der Waals surface area contributed by atoms with Crippen LogP contribution < -0.4 is 0 Å². The van der Waals surface area contributed by atoms with E-state index in [-0.39, 0.29) is 75.3 Å². The summed E-state index contributed by atoms with van der Waals surface area (Å²) < 4.78 is 32.7. The van der Waals surface area contributed by atoms with Gasteiger partial charge in [0.2, 0.25) is 0 Å². The van der Waals surface area contributed by atoms with E-state index < -0.39 is 24.4 Å². The highest BCUT2D eigenvalue weighted by Crippen LogP contribution is 2.18. The van der Waals surface area contributed by atoms with Gasteiger partial charge in [-0.05, 0) is 77.0 Å². The van der Waals surface area contributed by atoms with E-state index in [9.17, 15) is 39.0 Å². The first-order valence-corrected chi connectivity index (χ1v) is 26.6. The van der Waals surface area contributed by atoms with Gasteiger partial charge in [0, 0.05) is 26.7 Å². The van der Waals surface area contributed by atoms with E-state index in [1.54, 1.807) is 0 Å². The number of allylic oxidation sites excluding steroid dienone is 2. The van der Waals surface area contributed by atoms with Crippen LogP contribution in [0.4, 0.5) is 0 Å². The van der Waals surface area contributed by atoms with Crippen molar-refractivity contribution in [3.05, 3.63) is 24.3 Å². The second-order valence-corrected chi connectivity index (χ2v) is 20.0. The smallest absolute Gasteiger partial charge is 0.362 e. The van der Waals surface area contributed by atoms with Crippen molar-refractivity contribution in [1.29, 1.82) is 0 Å². The zero-order valence-electron chi connectivity index (χ0n) is 44.9. The molecule has 0 amide bonds. The molecule has 2 N–H and O–H groups in total. The van der Waals surface area contributed by atoms with E-state index in [2.05, 4.69) is 26.0 Å². The van der Waals surface area contributed by atoms with Crippen LogP contribution in [0.5, 0.6) is 0 Å². The summed E-state index contributed by atoms with van der Waals surface area (Å²) in [6.45, 7) is 8.64. The monoisotopic (exact) mass is 999 g/mol. The number of hydrogen-bond donors (Lipinski definition) is 2. The first-order chi connectivity index (χ1) is 33.3. The Morgan fingerprint density at radius 2 is 0.800 bits per heavy atom. The summed E-state index contributed by atoms with van der Waals surface area (Å²) in [6, 6.07) is 0. The van der Waals surface area contributed by atoms with Crippen LogP contribution in [0.15, 0.2) is 24.3 Å². The average molecular weight is 999 g/mol. The van der Waals surface area contributed by atoms with Gasteiger partial charge >= 0.3 is 35.8 Å². The molecule has 16 heteroatoms. The summed E-state index contributed by atoms with van der Waals surface area (Å²) in [5.41, 5.74) is 0. The molecule has 0 fully saturated rings. The zero-order chi connectivity index (χ0) is 52.5. The van der Waals surface area contributed by atoms with Crippen molar-refractivity contribution in [3.8, 4) is 0 Å². The van der Waals surface area contributed by atoms with Crippen molar-refractivity contribution in [1.82, 2.24) is 0 Å². The molecule has 0 aliphatic rings. The number of carbonyl (C=O) groups is 6. The van der Waals surface area contributed by atoms with Gasteiger partial charge in [0.25, 0.3) is 0 Å². The second kappa shape index (κ2) is 41.7. The SMILES string of the molecule is CCCCCC(OC(=O)C[N+](C)(C)CCOC(C)=O)C(O)CC=CCCCCCCCC(=O)OCCOC(=O)CCCCCCCC=CCC(O)C(CCCCC)OC(=O)C[N+](C)(C)CCOC(C)=O. The molecule has 0 saturated heterocycles. The molecule has 0 aliphatic heterocycles. The Balaban J connectivity index is 4.12. The fourth-order valence-electron chi connectivity index (χ4n) is 7.58. The molecule has 4 atom stereocenters. The zero-order valence-corrected chi connectivity index (χ0v) is 44.9. The minimum Gasteiger partial charge on any atom is -0.462 e. The first kappa shape index (κ1) is 66.1. The quantitative estimate of drug-likeness (QED) is 0.0194. The highest BCUT2D eigenvalue weighted by Gasteiger charge is 2.29.